The number of ether oxygens (including phenoxy) is 1. The maximum atomic E-state index is 12.6. The molecule has 0 aliphatic carbocycles. The predicted molar refractivity (Wildman–Crippen MR) is 108 cm³/mol. The monoisotopic (exact) mass is 402 g/mol. The number of thiophene rings is 1. The third-order valence-corrected chi connectivity index (χ3v) is 5.80. The number of hydrogen-bond donors (Lipinski definition) is 1. The number of esters is 1. The van der Waals surface area contributed by atoms with E-state index in [0.29, 0.717) is 21.8 Å². The molecule has 1 N–H and O–H groups in total. The molecule has 1 atom stereocenters. The molecule has 0 aliphatic rings. The largest absolute Gasteiger partial charge is 0.457 e. The zero-order chi connectivity index (χ0) is 19.4. The highest BCUT2D eigenvalue weighted by molar-refractivity contribution is 7.99. The van der Waals surface area contributed by atoms with Gasteiger partial charge >= 0.3 is 5.97 Å². The van der Waals surface area contributed by atoms with E-state index < -0.39 is 11.2 Å². The smallest absolute Gasteiger partial charge is 0.319 e. The Morgan fingerprint density at radius 3 is 2.74 bits per heavy atom. The molecule has 3 rings (SSSR count). The minimum atomic E-state index is -0.464. The third kappa shape index (κ3) is 4.64. The number of rotatable bonds is 7. The van der Waals surface area contributed by atoms with E-state index in [9.17, 15) is 14.4 Å². The number of carbonyl (C=O) groups is 2. The molecule has 6 nitrogen and oxygen atoms in total. The van der Waals surface area contributed by atoms with Gasteiger partial charge in [0.2, 0.25) is 0 Å². The third-order valence-electron chi connectivity index (χ3n) is 3.80. The summed E-state index contributed by atoms with van der Waals surface area (Å²) in [6, 6.07) is 9.70. The summed E-state index contributed by atoms with van der Waals surface area (Å²) in [5, 5.41) is 2.04. The van der Waals surface area contributed by atoms with Gasteiger partial charge in [-0.1, -0.05) is 30.3 Å². The number of Topliss-reactive ketones (excluding diaryl/α,β-unsaturated/α-hetero) is 1. The minimum Gasteiger partial charge on any atom is -0.457 e. The number of nitrogens with zero attached hydrogens (tertiary/aromatic N) is 1. The van der Waals surface area contributed by atoms with E-state index in [0.717, 1.165) is 11.1 Å². The normalized spacial score (nSPS) is 12.1. The molecule has 0 saturated heterocycles. The van der Waals surface area contributed by atoms with Crippen molar-refractivity contribution in [3.05, 3.63) is 51.9 Å². The molecule has 1 aromatic carbocycles. The van der Waals surface area contributed by atoms with Gasteiger partial charge in [0.15, 0.2) is 5.78 Å². The van der Waals surface area contributed by atoms with Crippen molar-refractivity contribution in [1.82, 2.24) is 9.97 Å². The number of nitrogens with one attached hydrogen (secondary N) is 1. The first-order valence-corrected chi connectivity index (χ1v) is 10.2. The Labute approximate surface area is 164 Å². The maximum Gasteiger partial charge on any atom is 0.319 e. The molecule has 0 unspecified atom stereocenters. The predicted octanol–water partition coefficient (Wildman–Crippen LogP) is 3.41. The molecule has 0 fully saturated rings. The van der Waals surface area contributed by atoms with Crippen molar-refractivity contribution in [3.63, 3.8) is 0 Å². The van der Waals surface area contributed by atoms with Gasteiger partial charge in [-0.05, 0) is 19.4 Å². The standard InChI is InChI=1S/C19H18N2O4S2/c1-11(22)8-25-19(24)12(2)26-10-15-20-17(23)16-14(9-27-18(16)21-15)13-6-4-3-5-7-13/h3-7,9,12H,8,10H2,1-2H3,(H,20,21,23)/t12-/m1/s1. The fourth-order valence-corrected chi connectivity index (χ4v) is 4.17. The summed E-state index contributed by atoms with van der Waals surface area (Å²) in [7, 11) is 0. The highest BCUT2D eigenvalue weighted by Gasteiger charge is 2.17. The SMILES string of the molecule is CC(=O)COC(=O)[C@@H](C)SCc1nc2scc(-c3ccccc3)c2c(=O)[nH]1. The first kappa shape index (κ1) is 19.3. The molecule has 2 aromatic heterocycles. The van der Waals surface area contributed by atoms with Crippen LogP contribution in [0.15, 0.2) is 40.5 Å². The molecular formula is C19H18N2O4S2. The van der Waals surface area contributed by atoms with Crippen LogP contribution in [0.3, 0.4) is 0 Å². The molecule has 0 saturated carbocycles. The van der Waals surface area contributed by atoms with Gasteiger partial charge in [-0.2, -0.15) is 0 Å². The van der Waals surface area contributed by atoms with Crippen LogP contribution >= 0.6 is 23.1 Å². The summed E-state index contributed by atoms with van der Waals surface area (Å²) in [4.78, 5) is 43.3. The highest BCUT2D eigenvalue weighted by atomic mass is 32.2. The Morgan fingerprint density at radius 1 is 1.30 bits per heavy atom. The molecule has 0 bridgehead atoms. The maximum absolute atomic E-state index is 12.6. The van der Waals surface area contributed by atoms with Crippen molar-refractivity contribution in [3.8, 4) is 11.1 Å². The molecule has 2 heterocycles. The van der Waals surface area contributed by atoms with E-state index in [-0.39, 0.29) is 17.9 Å². The second-order valence-electron chi connectivity index (χ2n) is 5.97. The van der Waals surface area contributed by atoms with Gasteiger partial charge in [-0.25, -0.2) is 4.98 Å². The molecular weight excluding hydrogens is 384 g/mol. The highest BCUT2D eigenvalue weighted by Crippen LogP contribution is 2.30. The van der Waals surface area contributed by atoms with Crippen molar-refractivity contribution in [2.45, 2.75) is 24.9 Å². The van der Waals surface area contributed by atoms with Crippen LogP contribution in [0.2, 0.25) is 0 Å². The lowest BCUT2D eigenvalue weighted by Gasteiger charge is -2.10. The Bertz CT molecular complexity index is 1030. The van der Waals surface area contributed by atoms with Gasteiger partial charge in [0.25, 0.3) is 5.56 Å². The fraction of sp³-hybridized carbons (Fsp3) is 0.263. The van der Waals surface area contributed by atoms with Crippen LogP contribution in [-0.2, 0) is 20.1 Å². The lowest BCUT2D eigenvalue weighted by atomic mass is 10.1. The molecule has 8 heteroatoms. The molecule has 0 spiro atoms. The molecule has 0 radical (unpaired) electrons. The summed E-state index contributed by atoms with van der Waals surface area (Å²) in [6.45, 7) is 2.84. The Hall–Kier alpha value is -2.45. The zero-order valence-electron chi connectivity index (χ0n) is 14.9. The molecule has 27 heavy (non-hydrogen) atoms. The van der Waals surface area contributed by atoms with Crippen molar-refractivity contribution in [1.29, 1.82) is 0 Å². The molecule has 0 aliphatic heterocycles. The van der Waals surface area contributed by atoms with Gasteiger partial charge in [0.1, 0.15) is 22.5 Å². The first-order chi connectivity index (χ1) is 13.0. The number of carbonyl (C=O) groups excluding carboxylic acids is 2. The average molecular weight is 402 g/mol. The van der Waals surface area contributed by atoms with Crippen LogP contribution < -0.4 is 5.56 Å². The number of benzene rings is 1. The van der Waals surface area contributed by atoms with Crippen LogP contribution in [0.5, 0.6) is 0 Å². The lowest BCUT2D eigenvalue weighted by molar-refractivity contribution is -0.146. The van der Waals surface area contributed by atoms with Crippen LogP contribution in [0.1, 0.15) is 19.7 Å². The lowest BCUT2D eigenvalue weighted by Crippen LogP contribution is -2.20. The van der Waals surface area contributed by atoms with E-state index in [1.165, 1.54) is 30.0 Å². The number of hydrogen-bond acceptors (Lipinski definition) is 7. The second kappa shape index (κ2) is 8.49. The zero-order valence-corrected chi connectivity index (χ0v) is 16.5. The quantitative estimate of drug-likeness (QED) is 0.609. The topological polar surface area (TPSA) is 89.1 Å². The van der Waals surface area contributed by atoms with E-state index >= 15 is 0 Å². The van der Waals surface area contributed by atoms with Gasteiger partial charge in [0.05, 0.1) is 11.1 Å². The fourth-order valence-electron chi connectivity index (χ4n) is 2.45. The van der Waals surface area contributed by atoms with Crippen molar-refractivity contribution < 1.29 is 14.3 Å². The first-order valence-electron chi connectivity index (χ1n) is 8.29. The number of thioether (sulfide) groups is 1. The average Bonchev–Trinajstić information content (AvgIpc) is 3.09. The van der Waals surface area contributed by atoms with Crippen LogP contribution in [0.4, 0.5) is 0 Å². The number of ketones is 1. The van der Waals surface area contributed by atoms with Crippen molar-refractivity contribution in [2.75, 3.05) is 6.61 Å². The Morgan fingerprint density at radius 2 is 2.04 bits per heavy atom. The Balaban J connectivity index is 1.75. The Kier molecular flexibility index (Phi) is 6.08. The summed E-state index contributed by atoms with van der Waals surface area (Å²) in [6.07, 6.45) is 0. The summed E-state index contributed by atoms with van der Waals surface area (Å²) >= 11 is 2.72. The van der Waals surface area contributed by atoms with E-state index in [2.05, 4.69) is 9.97 Å². The minimum absolute atomic E-state index is 0.192. The summed E-state index contributed by atoms with van der Waals surface area (Å²) in [5.74, 6) is 0.204. The number of fused-ring (bicyclic) bond motifs is 1. The second-order valence-corrected chi connectivity index (χ2v) is 8.16. The van der Waals surface area contributed by atoms with Gasteiger partial charge in [-0.15, -0.1) is 23.1 Å². The van der Waals surface area contributed by atoms with Crippen LogP contribution in [0.25, 0.3) is 21.3 Å². The summed E-state index contributed by atoms with van der Waals surface area (Å²) < 4.78 is 4.90. The molecule has 0 amide bonds. The van der Waals surface area contributed by atoms with Crippen molar-refractivity contribution >= 4 is 45.1 Å². The van der Waals surface area contributed by atoms with Gasteiger partial charge in [0, 0.05) is 10.9 Å². The van der Waals surface area contributed by atoms with Crippen LogP contribution in [0, 0.1) is 0 Å². The van der Waals surface area contributed by atoms with E-state index in [1.54, 1.807) is 6.92 Å². The van der Waals surface area contributed by atoms with Crippen molar-refractivity contribution in [2.24, 2.45) is 0 Å². The number of H-pyrrole nitrogens is 1. The number of aromatic amines is 1. The van der Waals surface area contributed by atoms with E-state index in [4.69, 9.17) is 4.74 Å². The van der Waals surface area contributed by atoms with E-state index in [1.807, 2.05) is 35.7 Å². The van der Waals surface area contributed by atoms with Gasteiger partial charge < -0.3 is 9.72 Å². The van der Waals surface area contributed by atoms with Crippen LogP contribution in [-0.4, -0.2) is 33.6 Å². The van der Waals surface area contributed by atoms with Gasteiger partial charge in [-0.3, -0.25) is 14.4 Å². The summed E-state index contributed by atoms with van der Waals surface area (Å²) in [5.41, 5.74) is 1.65. The molecule has 3 aromatic rings. The number of aromatic nitrogens is 2. The molecule has 140 valence electrons.